The molecular formula is C8H9N5O2. The summed E-state index contributed by atoms with van der Waals surface area (Å²) in [6.07, 6.45) is 0. The second-order valence-corrected chi connectivity index (χ2v) is 3.08. The summed E-state index contributed by atoms with van der Waals surface area (Å²) < 4.78 is 1.26. The van der Waals surface area contributed by atoms with Gasteiger partial charge in [0.25, 0.3) is 0 Å². The van der Waals surface area contributed by atoms with Crippen LogP contribution in [0.2, 0.25) is 0 Å². The maximum absolute atomic E-state index is 11.0. The summed E-state index contributed by atoms with van der Waals surface area (Å²) in [6.45, 7) is 1.59. The lowest BCUT2D eigenvalue weighted by molar-refractivity contribution is 0.0688. The molecule has 0 aliphatic rings. The monoisotopic (exact) mass is 207 g/mol. The predicted molar refractivity (Wildman–Crippen MR) is 53.5 cm³/mol. The van der Waals surface area contributed by atoms with Gasteiger partial charge in [-0.05, 0) is 6.92 Å². The molecular weight excluding hydrogens is 198 g/mol. The van der Waals surface area contributed by atoms with E-state index in [1.165, 1.54) is 10.5 Å². The highest BCUT2D eigenvalue weighted by molar-refractivity contribution is 5.89. The first-order chi connectivity index (χ1) is 7.00. The number of hydrogen-bond donors (Lipinski definition) is 3. The van der Waals surface area contributed by atoms with Crippen LogP contribution in [-0.2, 0) is 0 Å². The SMILES string of the molecule is Cc1nc2cc(N)nc(N)n2c1C(=O)O. The molecule has 7 heteroatoms. The molecule has 7 nitrogen and oxygen atoms in total. The molecule has 0 unspecified atom stereocenters. The lowest BCUT2D eigenvalue weighted by Crippen LogP contribution is -2.09. The van der Waals surface area contributed by atoms with Gasteiger partial charge in [-0.25, -0.2) is 9.78 Å². The zero-order chi connectivity index (χ0) is 11.2. The Morgan fingerprint density at radius 3 is 2.73 bits per heavy atom. The highest BCUT2D eigenvalue weighted by atomic mass is 16.4. The number of aromatic nitrogens is 3. The fraction of sp³-hybridized carbons (Fsp3) is 0.125. The van der Waals surface area contributed by atoms with Gasteiger partial charge >= 0.3 is 5.97 Å². The molecule has 0 fully saturated rings. The van der Waals surface area contributed by atoms with Crippen molar-refractivity contribution in [2.45, 2.75) is 6.92 Å². The van der Waals surface area contributed by atoms with Crippen molar-refractivity contribution in [3.8, 4) is 0 Å². The number of nitrogen functional groups attached to an aromatic ring is 2. The van der Waals surface area contributed by atoms with E-state index >= 15 is 0 Å². The summed E-state index contributed by atoms with van der Waals surface area (Å²) in [5.41, 5.74) is 11.8. The molecule has 2 heterocycles. The Morgan fingerprint density at radius 1 is 1.47 bits per heavy atom. The number of carboxylic acid groups (broad SMARTS) is 1. The number of aryl methyl sites for hydroxylation is 1. The molecule has 0 atom stereocenters. The van der Waals surface area contributed by atoms with Crippen molar-refractivity contribution in [3.63, 3.8) is 0 Å². The lowest BCUT2D eigenvalue weighted by atomic mass is 10.3. The number of anilines is 2. The molecule has 0 radical (unpaired) electrons. The Labute approximate surface area is 84.4 Å². The van der Waals surface area contributed by atoms with Crippen molar-refractivity contribution in [1.82, 2.24) is 14.4 Å². The first kappa shape index (κ1) is 9.25. The standard InChI is InChI=1S/C8H9N5O2/c1-3-6(7(14)15)13-5(11-3)2-4(9)12-8(13)10/h2H,9H2,1H3,(H2,10,12)(H,14,15). The topological polar surface area (TPSA) is 120 Å². The van der Waals surface area contributed by atoms with Crippen LogP contribution in [0.4, 0.5) is 11.8 Å². The number of fused-ring (bicyclic) bond motifs is 1. The molecule has 0 aliphatic carbocycles. The summed E-state index contributed by atoms with van der Waals surface area (Å²) in [6, 6.07) is 1.47. The zero-order valence-electron chi connectivity index (χ0n) is 7.93. The molecule has 0 aliphatic heterocycles. The van der Waals surface area contributed by atoms with E-state index in [1.54, 1.807) is 6.92 Å². The summed E-state index contributed by atoms with van der Waals surface area (Å²) in [5, 5.41) is 8.97. The van der Waals surface area contributed by atoms with Crippen molar-refractivity contribution in [2.75, 3.05) is 11.5 Å². The van der Waals surface area contributed by atoms with E-state index in [9.17, 15) is 4.79 Å². The van der Waals surface area contributed by atoms with E-state index in [1.807, 2.05) is 0 Å². The van der Waals surface area contributed by atoms with E-state index < -0.39 is 5.97 Å². The van der Waals surface area contributed by atoms with Crippen LogP contribution in [0.5, 0.6) is 0 Å². The molecule has 2 aromatic rings. The second kappa shape index (κ2) is 2.84. The van der Waals surface area contributed by atoms with Gasteiger partial charge in [0, 0.05) is 6.07 Å². The molecule has 0 spiro atoms. The van der Waals surface area contributed by atoms with Gasteiger partial charge in [-0.15, -0.1) is 0 Å². The number of imidazole rings is 1. The number of rotatable bonds is 1. The van der Waals surface area contributed by atoms with E-state index in [2.05, 4.69) is 9.97 Å². The Balaban J connectivity index is 2.93. The fourth-order valence-electron chi connectivity index (χ4n) is 1.48. The highest BCUT2D eigenvalue weighted by Gasteiger charge is 2.17. The molecule has 0 amide bonds. The summed E-state index contributed by atoms with van der Waals surface area (Å²) >= 11 is 0. The Bertz CT molecular complexity index is 560. The molecule has 0 saturated heterocycles. The van der Waals surface area contributed by atoms with Crippen LogP contribution in [-0.4, -0.2) is 25.4 Å². The normalized spacial score (nSPS) is 10.7. The van der Waals surface area contributed by atoms with Crippen LogP contribution in [0.25, 0.3) is 5.65 Å². The lowest BCUT2D eigenvalue weighted by Gasteiger charge is -2.02. The van der Waals surface area contributed by atoms with E-state index in [0.717, 1.165) is 0 Å². The van der Waals surface area contributed by atoms with Crippen LogP contribution in [0.3, 0.4) is 0 Å². The summed E-state index contributed by atoms with van der Waals surface area (Å²) in [7, 11) is 0. The van der Waals surface area contributed by atoms with E-state index in [4.69, 9.17) is 16.6 Å². The second-order valence-electron chi connectivity index (χ2n) is 3.08. The van der Waals surface area contributed by atoms with Gasteiger partial charge in [-0.3, -0.25) is 4.40 Å². The molecule has 78 valence electrons. The molecule has 15 heavy (non-hydrogen) atoms. The third kappa shape index (κ3) is 1.25. The van der Waals surface area contributed by atoms with E-state index in [-0.39, 0.29) is 17.5 Å². The molecule has 2 rings (SSSR count). The van der Waals surface area contributed by atoms with Crippen molar-refractivity contribution < 1.29 is 9.90 Å². The van der Waals surface area contributed by atoms with Crippen LogP contribution < -0.4 is 11.5 Å². The smallest absolute Gasteiger partial charge is 0.354 e. The third-order valence-corrected chi connectivity index (χ3v) is 2.03. The largest absolute Gasteiger partial charge is 0.477 e. The van der Waals surface area contributed by atoms with E-state index in [0.29, 0.717) is 11.3 Å². The maximum Gasteiger partial charge on any atom is 0.354 e. The fourth-order valence-corrected chi connectivity index (χ4v) is 1.48. The zero-order valence-corrected chi connectivity index (χ0v) is 7.93. The van der Waals surface area contributed by atoms with Gasteiger partial charge in [0.05, 0.1) is 5.69 Å². The number of carboxylic acids is 1. The number of nitrogens with two attached hydrogens (primary N) is 2. The Hall–Kier alpha value is -2.31. The van der Waals surface area contributed by atoms with Crippen molar-refractivity contribution in [3.05, 3.63) is 17.5 Å². The quantitative estimate of drug-likeness (QED) is 0.600. The van der Waals surface area contributed by atoms with Crippen LogP contribution in [0, 0.1) is 6.92 Å². The van der Waals surface area contributed by atoms with Crippen LogP contribution in [0.15, 0.2) is 6.07 Å². The molecule has 0 bridgehead atoms. The van der Waals surface area contributed by atoms with Crippen molar-refractivity contribution in [1.29, 1.82) is 0 Å². The maximum atomic E-state index is 11.0. The molecule has 2 aromatic heterocycles. The summed E-state index contributed by atoms with van der Waals surface area (Å²) in [4.78, 5) is 18.8. The average molecular weight is 207 g/mol. The van der Waals surface area contributed by atoms with Crippen molar-refractivity contribution >= 4 is 23.4 Å². The Kier molecular flexibility index (Phi) is 1.75. The minimum Gasteiger partial charge on any atom is -0.477 e. The first-order valence-corrected chi connectivity index (χ1v) is 4.15. The average Bonchev–Trinajstić information content (AvgIpc) is 2.40. The molecule has 0 aromatic carbocycles. The summed E-state index contributed by atoms with van der Waals surface area (Å²) in [5.74, 6) is -0.872. The van der Waals surface area contributed by atoms with Gasteiger partial charge in [0.2, 0.25) is 5.95 Å². The van der Waals surface area contributed by atoms with Gasteiger partial charge in [0.15, 0.2) is 5.69 Å². The number of aromatic carboxylic acids is 1. The predicted octanol–water partition coefficient (Wildman–Crippen LogP) is -0.0997. The van der Waals surface area contributed by atoms with Crippen molar-refractivity contribution in [2.24, 2.45) is 0 Å². The highest BCUT2D eigenvalue weighted by Crippen LogP contribution is 2.16. The third-order valence-electron chi connectivity index (χ3n) is 2.03. The van der Waals surface area contributed by atoms with Gasteiger partial charge in [-0.1, -0.05) is 0 Å². The Morgan fingerprint density at radius 2 is 2.13 bits per heavy atom. The van der Waals surface area contributed by atoms with Crippen LogP contribution in [0.1, 0.15) is 16.2 Å². The number of carbonyl (C=O) groups is 1. The molecule has 5 N–H and O–H groups in total. The van der Waals surface area contributed by atoms with Gasteiger partial charge < -0.3 is 16.6 Å². The number of nitrogens with zero attached hydrogens (tertiary/aromatic N) is 3. The molecule has 0 saturated carbocycles. The minimum absolute atomic E-state index is 0.00926. The minimum atomic E-state index is -1.10. The van der Waals surface area contributed by atoms with Crippen LogP contribution >= 0.6 is 0 Å². The number of hydrogen-bond acceptors (Lipinski definition) is 5. The first-order valence-electron chi connectivity index (χ1n) is 4.15. The van der Waals surface area contributed by atoms with Gasteiger partial charge in [-0.2, -0.15) is 4.98 Å². The van der Waals surface area contributed by atoms with Gasteiger partial charge in [0.1, 0.15) is 11.5 Å².